The van der Waals surface area contributed by atoms with Crippen LogP contribution in [0.4, 0.5) is 5.69 Å². The van der Waals surface area contributed by atoms with Gasteiger partial charge in [-0.15, -0.1) is 0 Å². The van der Waals surface area contributed by atoms with Crippen molar-refractivity contribution in [3.8, 4) is 0 Å². The molecule has 0 aliphatic heterocycles. The van der Waals surface area contributed by atoms with E-state index in [1.54, 1.807) is 0 Å². The Balaban J connectivity index is 2.67. The topological polar surface area (TPSA) is 41.0 Å². The van der Waals surface area contributed by atoms with Crippen molar-refractivity contribution in [1.82, 2.24) is 9.97 Å². The van der Waals surface area contributed by atoms with Crippen LogP contribution in [0.5, 0.6) is 0 Å². The van der Waals surface area contributed by atoms with Gasteiger partial charge < -0.3 is 4.98 Å². The number of H-pyrrole nitrogens is 1. The fourth-order valence-electron chi connectivity index (χ4n) is 1.25. The fraction of sp³-hybridized carbons (Fsp3) is 0.111. The number of imidazole rings is 1. The number of nitrogens with zero attached hydrogens (tertiary/aromatic N) is 2. The number of nitrogens with one attached hydrogen (secondary N) is 1. The first-order valence-corrected chi connectivity index (χ1v) is 4.24. The van der Waals surface area contributed by atoms with Gasteiger partial charge >= 0.3 is 0 Å². The molecular formula is C9H7N3S. The van der Waals surface area contributed by atoms with E-state index in [1.807, 2.05) is 25.1 Å². The van der Waals surface area contributed by atoms with Crippen molar-refractivity contribution in [3.63, 3.8) is 0 Å². The third-order valence-electron chi connectivity index (χ3n) is 1.76. The largest absolute Gasteiger partial charge is 0.342 e. The maximum atomic E-state index is 4.52. The summed E-state index contributed by atoms with van der Waals surface area (Å²) >= 11 is 4.52. The maximum Gasteiger partial charge on any atom is 0.104 e. The lowest BCUT2D eigenvalue weighted by Crippen LogP contribution is -1.68. The molecule has 0 unspecified atom stereocenters. The van der Waals surface area contributed by atoms with E-state index in [0.29, 0.717) is 0 Å². The monoisotopic (exact) mass is 189 g/mol. The number of fused-ring (bicyclic) bond motifs is 1. The quantitative estimate of drug-likeness (QED) is 0.553. The van der Waals surface area contributed by atoms with E-state index >= 15 is 0 Å². The Kier molecular flexibility index (Phi) is 1.93. The van der Waals surface area contributed by atoms with Gasteiger partial charge in [-0.3, -0.25) is 0 Å². The van der Waals surface area contributed by atoms with Crippen LogP contribution in [0.25, 0.3) is 11.0 Å². The highest BCUT2D eigenvalue weighted by Gasteiger charge is 1.98. The minimum absolute atomic E-state index is 0.797. The summed E-state index contributed by atoms with van der Waals surface area (Å²) in [4.78, 5) is 11.3. The summed E-state index contributed by atoms with van der Waals surface area (Å²) < 4.78 is 0. The van der Waals surface area contributed by atoms with Crippen LogP contribution in [0.1, 0.15) is 5.82 Å². The molecule has 3 nitrogen and oxygen atoms in total. The molecule has 0 aliphatic carbocycles. The van der Waals surface area contributed by atoms with E-state index in [-0.39, 0.29) is 0 Å². The molecule has 0 bridgehead atoms. The van der Waals surface area contributed by atoms with Gasteiger partial charge in [0.1, 0.15) is 5.82 Å². The van der Waals surface area contributed by atoms with Crippen LogP contribution in [-0.4, -0.2) is 15.1 Å². The molecule has 4 heteroatoms. The smallest absolute Gasteiger partial charge is 0.104 e. The number of isothiocyanates is 1. The Hall–Kier alpha value is -1.51. The standard InChI is InChI=1S/C9H7N3S/c1-6-11-8-3-2-7(10-5-13)4-9(8)12-6/h2-4H,1H3,(H,11,12). The number of rotatable bonds is 1. The first-order valence-electron chi connectivity index (χ1n) is 3.84. The maximum absolute atomic E-state index is 4.52. The molecule has 1 aromatic carbocycles. The summed E-state index contributed by atoms with van der Waals surface area (Å²) in [6.45, 7) is 1.92. The Bertz CT molecular complexity index is 495. The summed E-state index contributed by atoms with van der Waals surface area (Å²) in [5.74, 6) is 0.901. The van der Waals surface area contributed by atoms with E-state index in [2.05, 4.69) is 32.3 Å². The van der Waals surface area contributed by atoms with E-state index < -0.39 is 0 Å². The molecule has 1 heterocycles. The average Bonchev–Trinajstić information content (AvgIpc) is 2.44. The summed E-state index contributed by atoms with van der Waals surface area (Å²) in [5.41, 5.74) is 2.72. The summed E-state index contributed by atoms with van der Waals surface area (Å²) in [5, 5.41) is 2.33. The van der Waals surface area contributed by atoms with Crippen LogP contribution in [-0.2, 0) is 0 Å². The van der Waals surface area contributed by atoms with Crippen molar-refractivity contribution in [3.05, 3.63) is 24.0 Å². The molecule has 2 rings (SSSR count). The minimum atomic E-state index is 0.797. The van der Waals surface area contributed by atoms with Crippen LogP contribution >= 0.6 is 12.2 Å². The van der Waals surface area contributed by atoms with E-state index in [0.717, 1.165) is 22.5 Å². The van der Waals surface area contributed by atoms with Crippen LogP contribution in [0.15, 0.2) is 23.2 Å². The third kappa shape index (κ3) is 1.49. The Morgan fingerprint density at radius 1 is 1.54 bits per heavy atom. The molecule has 0 saturated heterocycles. The SMILES string of the molecule is Cc1nc2ccc(N=C=S)cc2[nH]1. The number of aromatic nitrogens is 2. The molecule has 1 N–H and O–H groups in total. The molecule has 2 aromatic rings. The van der Waals surface area contributed by atoms with Crippen molar-refractivity contribution in [1.29, 1.82) is 0 Å². The molecule has 0 atom stereocenters. The zero-order valence-electron chi connectivity index (χ0n) is 7.03. The second-order valence-corrected chi connectivity index (χ2v) is 2.91. The Labute approximate surface area is 80.5 Å². The zero-order chi connectivity index (χ0) is 9.26. The van der Waals surface area contributed by atoms with Gasteiger partial charge in [-0.1, -0.05) is 0 Å². The molecule has 0 fully saturated rings. The van der Waals surface area contributed by atoms with E-state index in [9.17, 15) is 0 Å². The van der Waals surface area contributed by atoms with Crippen molar-refractivity contribution >= 4 is 34.1 Å². The highest BCUT2D eigenvalue weighted by Crippen LogP contribution is 2.18. The predicted octanol–water partition coefficient (Wildman–Crippen LogP) is 2.61. The molecule has 0 saturated carbocycles. The van der Waals surface area contributed by atoms with Crippen molar-refractivity contribution in [2.75, 3.05) is 0 Å². The van der Waals surface area contributed by atoms with Gasteiger partial charge in [-0.05, 0) is 37.3 Å². The number of hydrogen-bond acceptors (Lipinski definition) is 3. The predicted molar refractivity (Wildman–Crippen MR) is 55.5 cm³/mol. The molecule has 0 radical (unpaired) electrons. The van der Waals surface area contributed by atoms with Gasteiger partial charge in [-0.25, -0.2) is 4.98 Å². The first-order chi connectivity index (χ1) is 6.29. The van der Waals surface area contributed by atoms with Gasteiger partial charge in [-0.2, -0.15) is 4.99 Å². The zero-order valence-corrected chi connectivity index (χ0v) is 7.85. The van der Waals surface area contributed by atoms with Crippen molar-refractivity contribution in [2.24, 2.45) is 4.99 Å². The number of aliphatic imine (C=N–C) groups is 1. The first kappa shape index (κ1) is 8.10. The molecule has 0 spiro atoms. The minimum Gasteiger partial charge on any atom is -0.342 e. The fourth-order valence-corrected chi connectivity index (χ4v) is 1.35. The lowest BCUT2D eigenvalue weighted by atomic mass is 10.3. The van der Waals surface area contributed by atoms with Gasteiger partial charge in [0.2, 0.25) is 0 Å². The Morgan fingerprint density at radius 2 is 2.38 bits per heavy atom. The van der Waals surface area contributed by atoms with Crippen molar-refractivity contribution in [2.45, 2.75) is 6.92 Å². The number of aryl methyl sites for hydroxylation is 1. The number of aromatic amines is 1. The molecule has 64 valence electrons. The molecular weight excluding hydrogens is 182 g/mol. The van der Waals surface area contributed by atoms with Gasteiger partial charge in [0, 0.05) is 0 Å². The normalized spacial score (nSPS) is 9.92. The summed E-state index contributed by atoms with van der Waals surface area (Å²) in [7, 11) is 0. The van der Waals surface area contributed by atoms with Gasteiger partial charge in [0.05, 0.1) is 21.9 Å². The second kappa shape index (κ2) is 3.09. The number of hydrogen-bond donors (Lipinski definition) is 1. The second-order valence-electron chi connectivity index (χ2n) is 2.73. The lowest BCUT2D eigenvalue weighted by molar-refractivity contribution is 1.17. The molecule has 0 amide bonds. The number of thiocarbonyl (C=S) groups is 1. The van der Waals surface area contributed by atoms with Crippen LogP contribution in [0.2, 0.25) is 0 Å². The lowest BCUT2D eigenvalue weighted by Gasteiger charge is -1.89. The van der Waals surface area contributed by atoms with Gasteiger partial charge in [0.15, 0.2) is 0 Å². The number of benzene rings is 1. The molecule has 13 heavy (non-hydrogen) atoms. The van der Waals surface area contributed by atoms with Crippen LogP contribution in [0.3, 0.4) is 0 Å². The highest BCUT2D eigenvalue weighted by molar-refractivity contribution is 7.78. The van der Waals surface area contributed by atoms with E-state index in [1.165, 1.54) is 0 Å². The van der Waals surface area contributed by atoms with Crippen LogP contribution in [0, 0.1) is 6.92 Å². The van der Waals surface area contributed by atoms with Crippen LogP contribution < -0.4 is 0 Å². The summed E-state index contributed by atoms with van der Waals surface area (Å²) in [6, 6.07) is 5.67. The summed E-state index contributed by atoms with van der Waals surface area (Å²) in [6.07, 6.45) is 0. The molecule has 0 aliphatic rings. The average molecular weight is 189 g/mol. The third-order valence-corrected chi connectivity index (χ3v) is 1.85. The molecule has 1 aromatic heterocycles. The van der Waals surface area contributed by atoms with E-state index in [4.69, 9.17) is 0 Å². The highest BCUT2D eigenvalue weighted by atomic mass is 32.1. The Morgan fingerprint density at radius 3 is 3.15 bits per heavy atom. The van der Waals surface area contributed by atoms with Gasteiger partial charge in [0.25, 0.3) is 0 Å². The van der Waals surface area contributed by atoms with Crippen molar-refractivity contribution < 1.29 is 0 Å².